The fraction of sp³-hybridized carbons (Fsp3) is 0.344. The number of carbonyl (C=O) groups excluding carboxylic acids is 1. The first kappa shape index (κ1) is 27.2. The highest BCUT2D eigenvalue weighted by Gasteiger charge is 2.52. The molecule has 0 bridgehead atoms. The third-order valence-corrected chi connectivity index (χ3v) is 6.73. The number of rotatable bonds is 11. The predicted octanol–water partition coefficient (Wildman–Crippen LogP) is 5.51. The standard InChI is InChI=1S/C32H34O7/c1-2-3-19-27(33)38-32-30(35-21-24-15-9-5-10-16-24)29(34-20-23-13-7-4-8-14-23)28-26(37-32)22-36-31(39-28)25-17-11-6-12-18-25/h2,4-18,26,28-32H,1,3,19-22H2/t26-,28-,29+,30+,31?,32-/m1/s1. The van der Waals surface area contributed by atoms with Crippen molar-refractivity contribution in [3.63, 3.8) is 0 Å². The predicted molar refractivity (Wildman–Crippen MR) is 144 cm³/mol. The molecule has 0 radical (unpaired) electrons. The zero-order chi connectivity index (χ0) is 26.9. The Hall–Kier alpha value is -3.33. The fourth-order valence-corrected chi connectivity index (χ4v) is 4.73. The molecule has 0 N–H and O–H groups in total. The van der Waals surface area contributed by atoms with Crippen LogP contribution in [-0.2, 0) is 46.4 Å². The van der Waals surface area contributed by atoms with E-state index in [2.05, 4.69) is 6.58 Å². The third kappa shape index (κ3) is 7.20. The van der Waals surface area contributed by atoms with Crippen molar-refractivity contribution in [1.29, 1.82) is 0 Å². The summed E-state index contributed by atoms with van der Waals surface area (Å²) in [4.78, 5) is 12.7. The van der Waals surface area contributed by atoms with Crippen LogP contribution in [0.4, 0.5) is 0 Å². The molecule has 204 valence electrons. The van der Waals surface area contributed by atoms with Gasteiger partial charge in [0, 0.05) is 12.0 Å². The highest BCUT2D eigenvalue weighted by atomic mass is 16.8. The number of hydrogen-bond acceptors (Lipinski definition) is 7. The van der Waals surface area contributed by atoms with Crippen molar-refractivity contribution in [1.82, 2.24) is 0 Å². The average Bonchev–Trinajstić information content (AvgIpc) is 2.99. The molecule has 5 rings (SSSR count). The second kappa shape index (κ2) is 13.6. The molecule has 0 aromatic heterocycles. The third-order valence-electron chi connectivity index (χ3n) is 6.73. The van der Waals surface area contributed by atoms with Gasteiger partial charge in [-0.1, -0.05) is 97.1 Å². The van der Waals surface area contributed by atoms with Gasteiger partial charge in [-0.2, -0.15) is 0 Å². The molecule has 0 aliphatic carbocycles. The van der Waals surface area contributed by atoms with Gasteiger partial charge in [-0.05, 0) is 17.5 Å². The van der Waals surface area contributed by atoms with Gasteiger partial charge in [0.2, 0.25) is 6.29 Å². The van der Waals surface area contributed by atoms with Crippen molar-refractivity contribution in [3.8, 4) is 0 Å². The zero-order valence-electron chi connectivity index (χ0n) is 21.8. The normalized spacial score (nSPS) is 26.4. The Morgan fingerprint density at radius 1 is 0.821 bits per heavy atom. The van der Waals surface area contributed by atoms with Crippen LogP contribution in [0.25, 0.3) is 0 Å². The smallest absolute Gasteiger partial charge is 0.308 e. The summed E-state index contributed by atoms with van der Waals surface area (Å²) < 4.78 is 37.5. The molecule has 7 heteroatoms. The van der Waals surface area contributed by atoms with Gasteiger partial charge in [0.05, 0.1) is 19.8 Å². The minimum Gasteiger partial charge on any atom is -0.433 e. The fourth-order valence-electron chi connectivity index (χ4n) is 4.73. The van der Waals surface area contributed by atoms with Gasteiger partial charge >= 0.3 is 5.97 Å². The lowest BCUT2D eigenvalue weighted by molar-refractivity contribution is -0.367. The monoisotopic (exact) mass is 530 g/mol. The van der Waals surface area contributed by atoms with E-state index in [1.807, 2.05) is 91.0 Å². The van der Waals surface area contributed by atoms with Crippen molar-refractivity contribution < 1.29 is 33.2 Å². The van der Waals surface area contributed by atoms with Crippen molar-refractivity contribution in [3.05, 3.63) is 120 Å². The molecule has 2 aliphatic heterocycles. The SMILES string of the molecule is C=CCCC(=O)O[C@H]1O[C@@H]2COC(c3ccccc3)O[C@H]2[C@H](OCc2ccccc2)[C@@H]1OCc1ccccc1. The van der Waals surface area contributed by atoms with Crippen LogP contribution < -0.4 is 0 Å². The number of hydrogen-bond donors (Lipinski definition) is 0. The van der Waals surface area contributed by atoms with Gasteiger partial charge in [0.15, 0.2) is 6.29 Å². The van der Waals surface area contributed by atoms with Gasteiger partial charge in [-0.25, -0.2) is 0 Å². The summed E-state index contributed by atoms with van der Waals surface area (Å²) in [5.74, 6) is -0.395. The van der Waals surface area contributed by atoms with E-state index in [9.17, 15) is 4.79 Å². The first-order chi connectivity index (χ1) is 19.2. The largest absolute Gasteiger partial charge is 0.433 e. The molecule has 2 heterocycles. The highest BCUT2D eigenvalue weighted by molar-refractivity contribution is 5.69. The topological polar surface area (TPSA) is 72.5 Å². The number of allylic oxidation sites excluding steroid dienone is 1. The molecule has 1 unspecified atom stereocenters. The summed E-state index contributed by atoms with van der Waals surface area (Å²) in [5, 5.41) is 0. The Morgan fingerprint density at radius 2 is 1.41 bits per heavy atom. The summed E-state index contributed by atoms with van der Waals surface area (Å²) in [6.07, 6.45) is -1.56. The van der Waals surface area contributed by atoms with Crippen molar-refractivity contribution in [2.75, 3.05) is 6.61 Å². The van der Waals surface area contributed by atoms with E-state index in [-0.39, 0.29) is 19.6 Å². The molecular formula is C32H34O7. The zero-order valence-corrected chi connectivity index (χ0v) is 21.8. The lowest BCUT2D eigenvalue weighted by Crippen LogP contribution is -2.63. The molecule has 0 spiro atoms. The Labute approximate surface area is 229 Å². The van der Waals surface area contributed by atoms with Crippen LogP contribution in [0, 0.1) is 0 Å². The first-order valence-corrected chi connectivity index (χ1v) is 13.3. The maximum atomic E-state index is 12.7. The molecule has 2 saturated heterocycles. The maximum absolute atomic E-state index is 12.7. The molecule has 3 aromatic carbocycles. The van der Waals surface area contributed by atoms with E-state index in [4.69, 9.17) is 28.4 Å². The molecule has 6 atom stereocenters. The minimum atomic E-state index is -0.992. The van der Waals surface area contributed by atoms with E-state index in [0.717, 1.165) is 16.7 Å². The molecule has 2 aliphatic rings. The molecule has 0 saturated carbocycles. The Morgan fingerprint density at radius 3 is 2.03 bits per heavy atom. The highest BCUT2D eigenvalue weighted by Crippen LogP contribution is 2.37. The minimum absolute atomic E-state index is 0.196. The van der Waals surface area contributed by atoms with E-state index in [1.165, 1.54) is 0 Å². The molecule has 2 fully saturated rings. The maximum Gasteiger partial charge on any atom is 0.308 e. The first-order valence-electron chi connectivity index (χ1n) is 13.3. The quantitative estimate of drug-likeness (QED) is 0.239. The summed E-state index contributed by atoms with van der Waals surface area (Å²) in [7, 11) is 0. The van der Waals surface area contributed by atoms with Gasteiger partial charge in [0.25, 0.3) is 0 Å². The Kier molecular flexibility index (Phi) is 9.53. The lowest BCUT2D eigenvalue weighted by Gasteiger charge is -2.48. The summed E-state index contributed by atoms with van der Waals surface area (Å²) in [5.41, 5.74) is 2.89. The van der Waals surface area contributed by atoms with Gasteiger partial charge in [-0.15, -0.1) is 6.58 Å². The molecule has 7 nitrogen and oxygen atoms in total. The van der Waals surface area contributed by atoms with Gasteiger partial charge in [-0.3, -0.25) is 4.79 Å². The second-order valence-corrected chi connectivity index (χ2v) is 9.56. The van der Waals surface area contributed by atoms with Crippen molar-refractivity contribution in [2.24, 2.45) is 0 Å². The second-order valence-electron chi connectivity index (χ2n) is 9.56. The number of esters is 1. The molecule has 39 heavy (non-hydrogen) atoms. The van der Waals surface area contributed by atoms with Crippen LogP contribution in [0.5, 0.6) is 0 Å². The number of carbonyl (C=O) groups is 1. The molecule has 0 amide bonds. The number of benzene rings is 3. The molecule has 3 aromatic rings. The van der Waals surface area contributed by atoms with Crippen LogP contribution in [0.3, 0.4) is 0 Å². The van der Waals surface area contributed by atoms with Crippen LogP contribution in [0.1, 0.15) is 35.8 Å². The van der Waals surface area contributed by atoms with Crippen LogP contribution in [0.2, 0.25) is 0 Å². The average molecular weight is 531 g/mol. The van der Waals surface area contributed by atoms with Crippen LogP contribution in [-0.4, -0.2) is 43.3 Å². The van der Waals surface area contributed by atoms with Crippen molar-refractivity contribution >= 4 is 5.97 Å². The van der Waals surface area contributed by atoms with E-state index >= 15 is 0 Å². The van der Waals surface area contributed by atoms with Crippen LogP contribution >= 0.6 is 0 Å². The van der Waals surface area contributed by atoms with E-state index in [0.29, 0.717) is 13.0 Å². The number of fused-ring (bicyclic) bond motifs is 1. The van der Waals surface area contributed by atoms with Gasteiger partial charge < -0.3 is 28.4 Å². The Balaban J connectivity index is 1.42. The van der Waals surface area contributed by atoms with E-state index < -0.39 is 43.0 Å². The van der Waals surface area contributed by atoms with Crippen molar-refractivity contribution in [2.45, 2.75) is 63.1 Å². The number of ether oxygens (including phenoxy) is 6. The Bertz CT molecular complexity index is 1170. The summed E-state index contributed by atoms with van der Waals surface area (Å²) in [6.45, 7) is 4.56. The summed E-state index contributed by atoms with van der Waals surface area (Å²) >= 11 is 0. The van der Waals surface area contributed by atoms with Gasteiger partial charge in [0.1, 0.15) is 24.4 Å². The molecular weight excluding hydrogens is 496 g/mol. The van der Waals surface area contributed by atoms with Crippen LogP contribution in [0.15, 0.2) is 104 Å². The lowest BCUT2D eigenvalue weighted by atomic mass is 9.97. The van der Waals surface area contributed by atoms with E-state index in [1.54, 1.807) is 6.08 Å². The summed E-state index contributed by atoms with van der Waals surface area (Å²) in [6, 6.07) is 29.5.